The van der Waals surface area contributed by atoms with Crippen molar-refractivity contribution in [3.63, 3.8) is 0 Å². The van der Waals surface area contributed by atoms with Crippen LogP contribution in [0, 0.1) is 6.92 Å². The Morgan fingerprint density at radius 3 is 2.31 bits per heavy atom. The number of nitrogens with one attached hydrogen (secondary N) is 1. The molecule has 0 aromatic carbocycles. The number of amides is 1. The van der Waals surface area contributed by atoms with E-state index in [-0.39, 0.29) is 5.92 Å². The number of carbonyl (C=O) groups excluding carboxylic acids is 1. The molecule has 0 spiro atoms. The summed E-state index contributed by atoms with van der Waals surface area (Å²) in [6, 6.07) is 0. The van der Waals surface area contributed by atoms with Gasteiger partial charge in [-0.2, -0.15) is 0 Å². The molecule has 3 N–H and O–H groups in total. The summed E-state index contributed by atoms with van der Waals surface area (Å²) in [7, 11) is 0. The van der Waals surface area contributed by atoms with Crippen molar-refractivity contribution in [2.75, 3.05) is 0 Å². The fourth-order valence-corrected chi connectivity index (χ4v) is 1.81. The minimum Gasteiger partial charge on any atom is -0.365 e. The van der Waals surface area contributed by atoms with Crippen molar-refractivity contribution < 1.29 is 4.79 Å². The molecule has 0 unspecified atom stereocenters. The number of hydrogen-bond donors (Lipinski definition) is 2. The molecule has 0 fully saturated rings. The normalized spacial score (nSPS) is 10.8. The quantitative estimate of drug-likeness (QED) is 0.756. The van der Waals surface area contributed by atoms with Crippen molar-refractivity contribution >= 4 is 17.5 Å². The Bertz CT molecular complexity index is 342. The minimum atomic E-state index is -0.481. The van der Waals surface area contributed by atoms with E-state index in [9.17, 15) is 4.79 Å². The van der Waals surface area contributed by atoms with Crippen LogP contribution in [-0.2, 0) is 0 Å². The molecule has 13 heavy (non-hydrogen) atoms. The number of aromatic nitrogens is 1. The molecule has 1 aromatic heterocycles. The van der Waals surface area contributed by atoms with Crippen LogP contribution in [0.5, 0.6) is 0 Å². The van der Waals surface area contributed by atoms with Crippen molar-refractivity contribution in [3.05, 3.63) is 22.0 Å². The second kappa shape index (κ2) is 3.42. The first kappa shape index (κ1) is 10.1. The topological polar surface area (TPSA) is 58.9 Å². The van der Waals surface area contributed by atoms with Crippen LogP contribution in [0.15, 0.2) is 0 Å². The molecular weight excluding hydrogens is 188 g/mol. The van der Waals surface area contributed by atoms with Crippen LogP contribution in [0.4, 0.5) is 0 Å². The number of hydrogen-bond acceptors (Lipinski definition) is 1. The number of aryl methyl sites for hydroxylation is 1. The summed E-state index contributed by atoms with van der Waals surface area (Å²) in [5.41, 5.74) is 7.20. The van der Waals surface area contributed by atoms with Gasteiger partial charge in [-0.15, -0.1) is 0 Å². The lowest BCUT2D eigenvalue weighted by molar-refractivity contribution is 0.1000. The SMILES string of the molecule is Cc1[nH]c(C(C)C)c(Cl)c1C(N)=O. The predicted molar refractivity (Wildman–Crippen MR) is 53.1 cm³/mol. The Kier molecular flexibility index (Phi) is 2.66. The van der Waals surface area contributed by atoms with Gasteiger partial charge < -0.3 is 10.7 Å². The highest BCUT2D eigenvalue weighted by molar-refractivity contribution is 6.34. The zero-order valence-corrected chi connectivity index (χ0v) is 8.70. The maximum atomic E-state index is 11.0. The molecule has 72 valence electrons. The molecule has 0 aliphatic carbocycles. The van der Waals surface area contributed by atoms with Gasteiger partial charge in [-0.3, -0.25) is 4.79 Å². The largest absolute Gasteiger partial charge is 0.365 e. The average molecular weight is 201 g/mol. The molecular formula is C9H13ClN2O. The molecule has 0 saturated carbocycles. The van der Waals surface area contributed by atoms with Crippen LogP contribution in [0.3, 0.4) is 0 Å². The maximum absolute atomic E-state index is 11.0. The molecule has 0 aliphatic rings. The molecule has 1 aromatic rings. The van der Waals surface area contributed by atoms with E-state index >= 15 is 0 Å². The van der Waals surface area contributed by atoms with Gasteiger partial charge in [0.1, 0.15) is 0 Å². The zero-order chi connectivity index (χ0) is 10.2. The van der Waals surface area contributed by atoms with Gasteiger partial charge in [-0.05, 0) is 12.8 Å². The molecule has 0 atom stereocenters. The van der Waals surface area contributed by atoms with Crippen LogP contribution >= 0.6 is 11.6 Å². The number of carbonyl (C=O) groups is 1. The molecule has 4 heteroatoms. The Morgan fingerprint density at radius 1 is 1.54 bits per heavy atom. The van der Waals surface area contributed by atoms with E-state index in [1.807, 2.05) is 13.8 Å². The number of H-pyrrole nitrogens is 1. The number of halogens is 1. The summed E-state index contributed by atoms with van der Waals surface area (Å²) < 4.78 is 0. The van der Waals surface area contributed by atoms with Crippen LogP contribution in [0.2, 0.25) is 5.02 Å². The van der Waals surface area contributed by atoms with Gasteiger partial charge in [0.15, 0.2) is 0 Å². The highest BCUT2D eigenvalue weighted by Gasteiger charge is 2.18. The summed E-state index contributed by atoms with van der Waals surface area (Å²) in [6.45, 7) is 5.79. The molecule has 0 bridgehead atoms. The van der Waals surface area contributed by atoms with Crippen LogP contribution in [-0.4, -0.2) is 10.9 Å². The molecule has 1 rings (SSSR count). The average Bonchev–Trinajstić information content (AvgIpc) is 2.26. The Hall–Kier alpha value is -0.960. The molecule has 0 aliphatic heterocycles. The third-order valence-corrected chi connectivity index (χ3v) is 2.37. The summed E-state index contributed by atoms with van der Waals surface area (Å²) in [4.78, 5) is 14.1. The standard InChI is InChI=1S/C9H13ClN2O/c1-4(2)8-7(10)6(9(11)13)5(3)12-8/h4,12H,1-3H3,(H2,11,13). The Labute approximate surface area is 82.3 Å². The van der Waals surface area contributed by atoms with Crippen molar-refractivity contribution in [1.29, 1.82) is 0 Å². The van der Waals surface area contributed by atoms with E-state index in [1.165, 1.54) is 0 Å². The fraction of sp³-hybridized carbons (Fsp3) is 0.444. The zero-order valence-electron chi connectivity index (χ0n) is 7.94. The fourth-order valence-electron chi connectivity index (χ4n) is 1.31. The second-order valence-corrected chi connectivity index (χ2v) is 3.75. The van der Waals surface area contributed by atoms with Gasteiger partial charge >= 0.3 is 0 Å². The summed E-state index contributed by atoms with van der Waals surface area (Å²) in [5.74, 6) is -0.218. The van der Waals surface area contributed by atoms with Crippen molar-refractivity contribution in [2.24, 2.45) is 5.73 Å². The van der Waals surface area contributed by atoms with Crippen LogP contribution in [0.25, 0.3) is 0 Å². The van der Waals surface area contributed by atoms with E-state index in [4.69, 9.17) is 17.3 Å². The van der Waals surface area contributed by atoms with Crippen molar-refractivity contribution in [1.82, 2.24) is 4.98 Å². The highest BCUT2D eigenvalue weighted by atomic mass is 35.5. The van der Waals surface area contributed by atoms with E-state index < -0.39 is 5.91 Å². The third-order valence-electron chi connectivity index (χ3n) is 1.98. The van der Waals surface area contributed by atoms with Gasteiger partial charge in [-0.1, -0.05) is 25.4 Å². The van der Waals surface area contributed by atoms with Crippen molar-refractivity contribution in [3.8, 4) is 0 Å². The number of aromatic amines is 1. The molecule has 0 radical (unpaired) electrons. The van der Waals surface area contributed by atoms with Gasteiger partial charge in [0, 0.05) is 11.4 Å². The Morgan fingerprint density at radius 2 is 2.08 bits per heavy atom. The minimum absolute atomic E-state index is 0.263. The summed E-state index contributed by atoms with van der Waals surface area (Å²) in [5, 5.41) is 0.458. The lowest BCUT2D eigenvalue weighted by Crippen LogP contribution is -2.11. The number of nitrogens with two attached hydrogens (primary N) is 1. The monoisotopic (exact) mass is 200 g/mol. The van der Waals surface area contributed by atoms with E-state index in [0.29, 0.717) is 10.6 Å². The smallest absolute Gasteiger partial charge is 0.252 e. The van der Waals surface area contributed by atoms with E-state index in [1.54, 1.807) is 6.92 Å². The van der Waals surface area contributed by atoms with Gasteiger partial charge in [0.2, 0.25) is 0 Å². The lowest BCUT2D eigenvalue weighted by atomic mass is 10.1. The molecule has 1 amide bonds. The first-order valence-corrected chi connectivity index (χ1v) is 4.50. The van der Waals surface area contributed by atoms with Crippen molar-refractivity contribution in [2.45, 2.75) is 26.7 Å². The summed E-state index contributed by atoms with van der Waals surface area (Å²) in [6.07, 6.45) is 0. The van der Waals surface area contributed by atoms with Gasteiger partial charge in [0.25, 0.3) is 5.91 Å². The second-order valence-electron chi connectivity index (χ2n) is 3.37. The van der Waals surface area contributed by atoms with Gasteiger partial charge in [-0.25, -0.2) is 0 Å². The van der Waals surface area contributed by atoms with Crippen LogP contribution in [0.1, 0.15) is 41.5 Å². The molecule has 0 saturated heterocycles. The molecule has 1 heterocycles. The first-order valence-electron chi connectivity index (χ1n) is 4.13. The van der Waals surface area contributed by atoms with E-state index in [2.05, 4.69) is 4.98 Å². The molecule has 3 nitrogen and oxygen atoms in total. The third kappa shape index (κ3) is 1.70. The number of primary amides is 1. The summed E-state index contributed by atoms with van der Waals surface area (Å²) >= 11 is 5.99. The highest BCUT2D eigenvalue weighted by Crippen LogP contribution is 2.28. The first-order chi connectivity index (χ1) is 5.95. The predicted octanol–water partition coefficient (Wildman–Crippen LogP) is 2.20. The van der Waals surface area contributed by atoms with Crippen LogP contribution < -0.4 is 5.73 Å². The van der Waals surface area contributed by atoms with E-state index in [0.717, 1.165) is 11.4 Å². The maximum Gasteiger partial charge on any atom is 0.252 e. The van der Waals surface area contributed by atoms with Gasteiger partial charge in [0.05, 0.1) is 10.6 Å². The Balaban J connectivity index is 3.30. The number of rotatable bonds is 2. The lowest BCUT2D eigenvalue weighted by Gasteiger charge is -2.01.